The van der Waals surface area contributed by atoms with Gasteiger partial charge in [-0.05, 0) is 25.6 Å². The summed E-state index contributed by atoms with van der Waals surface area (Å²) in [7, 11) is 1.29. The van der Waals surface area contributed by atoms with Gasteiger partial charge in [0.1, 0.15) is 5.78 Å². The molecule has 0 aliphatic carbocycles. The minimum Gasteiger partial charge on any atom is -0.461 e. The molecule has 0 spiro atoms. The fourth-order valence-electron chi connectivity index (χ4n) is 0.275. The van der Waals surface area contributed by atoms with Crippen LogP contribution in [-0.2, 0) is 9.53 Å². The molecule has 0 aromatic carbocycles. The van der Waals surface area contributed by atoms with Crippen LogP contribution in [0.15, 0.2) is 0 Å². The molecule has 1 unspecified atom stereocenters. The lowest BCUT2D eigenvalue weighted by Crippen LogP contribution is -2.11. The maximum Gasteiger partial charge on any atom is 0.367 e. The van der Waals surface area contributed by atoms with E-state index in [1.54, 1.807) is 6.92 Å². The van der Waals surface area contributed by atoms with Gasteiger partial charge in [0, 0.05) is 0 Å². The molecule has 0 aromatic rings. The van der Waals surface area contributed by atoms with Gasteiger partial charge in [-0.3, -0.25) is 4.79 Å². The van der Waals surface area contributed by atoms with Crippen molar-refractivity contribution in [3.05, 3.63) is 0 Å². The minimum absolute atomic E-state index is 0.0181. The highest BCUT2D eigenvalue weighted by Crippen LogP contribution is 2.13. The standard InChI is InChI=1S/C6H10O3S/c1-4(7)5(2)10-6(8)9-3/h5H,1-3H3. The van der Waals surface area contributed by atoms with Crippen LogP contribution in [0.2, 0.25) is 0 Å². The van der Waals surface area contributed by atoms with E-state index in [1.165, 1.54) is 14.0 Å². The van der Waals surface area contributed by atoms with Gasteiger partial charge in [0.15, 0.2) is 0 Å². The molecule has 10 heavy (non-hydrogen) atoms. The number of carbonyl (C=O) groups is 2. The van der Waals surface area contributed by atoms with E-state index in [0.717, 1.165) is 11.8 Å². The maximum atomic E-state index is 10.6. The zero-order chi connectivity index (χ0) is 8.15. The second-order valence-corrected chi connectivity index (χ2v) is 3.10. The lowest BCUT2D eigenvalue weighted by molar-refractivity contribution is -0.116. The summed E-state index contributed by atoms with van der Waals surface area (Å²) in [6.07, 6.45) is 0. The Morgan fingerprint density at radius 1 is 1.50 bits per heavy atom. The zero-order valence-corrected chi connectivity index (χ0v) is 7.03. The van der Waals surface area contributed by atoms with Crippen molar-refractivity contribution in [1.82, 2.24) is 0 Å². The molecule has 0 saturated carbocycles. The van der Waals surface area contributed by atoms with E-state index in [0.29, 0.717) is 0 Å². The quantitative estimate of drug-likeness (QED) is 0.576. The minimum atomic E-state index is -0.414. The number of ether oxygens (including phenoxy) is 1. The van der Waals surface area contributed by atoms with E-state index in [1.807, 2.05) is 0 Å². The lowest BCUT2D eigenvalue weighted by atomic mass is 10.3. The highest BCUT2D eigenvalue weighted by atomic mass is 32.2. The van der Waals surface area contributed by atoms with Crippen molar-refractivity contribution in [3.8, 4) is 0 Å². The molecule has 1 atom stereocenters. The van der Waals surface area contributed by atoms with Crippen molar-refractivity contribution in [2.75, 3.05) is 7.11 Å². The zero-order valence-electron chi connectivity index (χ0n) is 6.21. The van der Waals surface area contributed by atoms with E-state index >= 15 is 0 Å². The molecule has 0 radical (unpaired) electrons. The smallest absolute Gasteiger partial charge is 0.367 e. The number of carbonyl (C=O) groups excluding carboxylic acids is 2. The van der Waals surface area contributed by atoms with Crippen molar-refractivity contribution >= 4 is 22.8 Å². The molecular formula is C6H10O3S. The topological polar surface area (TPSA) is 43.4 Å². The maximum absolute atomic E-state index is 10.6. The first-order valence-electron chi connectivity index (χ1n) is 2.83. The van der Waals surface area contributed by atoms with Crippen LogP contribution >= 0.6 is 11.8 Å². The average molecular weight is 162 g/mol. The molecular weight excluding hydrogens is 152 g/mol. The number of ketones is 1. The molecule has 0 aliphatic rings. The number of thioether (sulfide) groups is 1. The van der Waals surface area contributed by atoms with Crippen LogP contribution in [0.4, 0.5) is 4.79 Å². The van der Waals surface area contributed by atoms with Crippen molar-refractivity contribution in [1.29, 1.82) is 0 Å². The van der Waals surface area contributed by atoms with Gasteiger partial charge in [-0.1, -0.05) is 0 Å². The SMILES string of the molecule is COC(=O)SC(C)C(C)=O. The fraction of sp³-hybridized carbons (Fsp3) is 0.667. The van der Waals surface area contributed by atoms with Crippen LogP contribution in [0.3, 0.4) is 0 Å². The molecule has 0 saturated heterocycles. The van der Waals surface area contributed by atoms with Crippen LogP contribution in [-0.4, -0.2) is 23.4 Å². The molecule has 4 heteroatoms. The van der Waals surface area contributed by atoms with E-state index < -0.39 is 5.30 Å². The number of hydrogen-bond acceptors (Lipinski definition) is 4. The molecule has 0 aliphatic heterocycles. The summed E-state index contributed by atoms with van der Waals surface area (Å²) in [5.41, 5.74) is 0. The van der Waals surface area contributed by atoms with Crippen molar-refractivity contribution in [2.24, 2.45) is 0 Å². The second-order valence-electron chi connectivity index (χ2n) is 1.82. The van der Waals surface area contributed by atoms with Gasteiger partial charge < -0.3 is 4.74 Å². The summed E-state index contributed by atoms with van der Waals surface area (Å²) >= 11 is 0.897. The molecule has 0 bridgehead atoms. The third-order valence-corrected chi connectivity index (χ3v) is 2.06. The molecule has 0 aromatic heterocycles. The van der Waals surface area contributed by atoms with Crippen LogP contribution in [0.5, 0.6) is 0 Å². The van der Waals surface area contributed by atoms with Crippen molar-refractivity contribution < 1.29 is 14.3 Å². The van der Waals surface area contributed by atoms with E-state index in [9.17, 15) is 9.59 Å². The first-order chi connectivity index (χ1) is 4.57. The largest absolute Gasteiger partial charge is 0.461 e. The predicted octanol–water partition coefficient (Wildman–Crippen LogP) is 1.46. The third-order valence-electron chi connectivity index (χ3n) is 1.01. The normalized spacial score (nSPS) is 12.3. The summed E-state index contributed by atoms with van der Waals surface area (Å²) in [5.74, 6) is -0.0181. The summed E-state index contributed by atoms with van der Waals surface area (Å²) in [6, 6.07) is 0. The molecule has 0 amide bonds. The number of rotatable bonds is 2. The Labute approximate surface area is 64.1 Å². The Balaban J connectivity index is 3.68. The third kappa shape index (κ3) is 3.50. The van der Waals surface area contributed by atoms with E-state index in [4.69, 9.17) is 0 Å². The van der Waals surface area contributed by atoms with Gasteiger partial charge in [0.2, 0.25) is 0 Å². The molecule has 0 fully saturated rings. The first kappa shape index (κ1) is 9.49. The molecule has 3 nitrogen and oxygen atoms in total. The van der Waals surface area contributed by atoms with Crippen LogP contribution < -0.4 is 0 Å². The first-order valence-corrected chi connectivity index (χ1v) is 3.71. The summed E-state index contributed by atoms with van der Waals surface area (Å²) < 4.78 is 4.34. The Kier molecular flexibility index (Phi) is 4.11. The van der Waals surface area contributed by atoms with Gasteiger partial charge in [0.05, 0.1) is 12.4 Å². The Morgan fingerprint density at radius 2 is 2.00 bits per heavy atom. The average Bonchev–Trinajstić information content (AvgIpc) is 1.87. The lowest BCUT2D eigenvalue weighted by Gasteiger charge is -2.02. The van der Waals surface area contributed by atoms with Crippen LogP contribution in [0.1, 0.15) is 13.8 Å². The summed E-state index contributed by atoms with van der Waals surface area (Å²) in [5, 5.41) is -0.713. The van der Waals surface area contributed by atoms with E-state index in [-0.39, 0.29) is 11.0 Å². The predicted molar refractivity (Wildman–Crippen MR) is 40.1 cm³/mol. The Bertz CT molecular complexity index is 144. The van der Waals surface area contributed by atoms with Crippen molar-refractivity contribution in [2.45, 2.75) is 19.1 Å². The van der Waals surface area contributed by atoms with E-state index in [2.05, 4.69) is 4.74 Å². The van der Waals surface area contributed by atoms with Crippen LogP contribution in [0, 0.1) is 0 Å². The highest BCUT2D eigenvalue weighted by molar-refractivity contribution is 8.14. The number of methoxy groups -OCH3 is 1. The van der Waals surface area contributed by atoms with Crippen LogP contribution in [0.25, 0.3) is 0 Å². The Hall–Kier alpha value is -0.510. The number of hydrogen-bond donors (Lipinski definition) is 0. The monoisotopic (exact) mass is 162 g/mol. The van der Waals surface area contributed by atoms with Crippen molar-refractivity contribution in [3.63, 3.8) is 0 Å². The highest BCUT2D eigenvalue weighted by Gasteiger charge is 2.13. The molecule has 0 heterocycles. The second kappa shape index (κ2) is 4.33. The molecule has 0 rings (SSSR count). The Morgan fingerprint density at radius 3 is 2.30 bits per heavy atom. The van der Waals surface area contributed by atoms with Gasteiger partial charge in [0.25, 0.3) is 0 Å². The summed E-state index contributed by atoms with van der Waals surface area (Å²) in [4.78, 5) is 21.1. The van der Waals surface area contributed by atoms with Gasteiger partial charge in [-0.15, -0.1) is 0 Å². The van der Waals surface area contributed by atoms with Gasteiger partial charge in [-0.2, -0.15) is 0 Å². The number of Topliss-reactive ketones (excluding diaryl/α,β-unsaturated/α-hetero) is 1. The molecule has 58 valence electrons. The molecule has 0 N–H and O–H groups in total. The fourth-order valence-corrected chi connectivity index (χ4v) is 0.826. The summed E-state index contributed by atoms with van der Waals surface area (Å²) in [6.45, 7) is 3.12. The van der Waals surface area contributed by atoms with Gasteiger partial charge >= 0.3 is 5.30 Å². The van der Waals surface area contributed by atoms with Gasteiger partial charge in [-0.25, -0.2) is 4.79 Å².